The SMILES string of the molecule is COc1ccnc(NCC23CC(NC(=O)[C@H]4C[C@@H]4C)(C2)C(C)(C)O3)n1. The van der Waals surface area contributed by atoms with Crippen molar-refractivity contribution < 1.29 is 14.3 Å². The van der Waals surface area contributed by atoms with Gasteiger partial charge in [-0.05, 0) is 26.2 Å². The molecule has 2 saturated carbocycles. The van der Waals surface area contributed by atoms with E-state index in [0.29, 0.717) is 24.3 Å². The number of hydrogen-bond donors (Lipinski definition) is 2. The van der Waals surface area contributed by atoms with E-state index in [0.717, 1.165) is 19.3 Å². The molecular formula is C18H26N4O3. The van der Waals surface area contributed by atoms with Crippen molar-refractivity contribution in [1.82, 2.24) is 15.3 Å². The van der Waals surface area contributed by atoms with Gasteiger partial charge in [-0.2, -0.15) is 4.98 Å². The van der Waals surface area contributed by atoms with Crippen LogP contribution in [0, 0.1) is 11.8 Å². The van der Waals surface area contributed by atoms with Crippen LogP contribution in [0.15, 0.2) is 12.3 Å². The second-order valence-electron chi connectivity index (χ2n) is 8.32. The van der Waals surface area contributed by atoms with E-state index < -0.39 is 0 Å². The van der Waals surface area contributed by atoms with Gasteiger partial charge < -0.3 is 20.1 Å². The van der Waals surface area contributed by atoms with Crippen LogP contribution in [0.2, 0.25) is 0 Å². The van der Waals surface area contributed by atoms with Crippen molar-refractivity contribution in [1.29, 1.82) is 0 Å². The zero-order valence-electron chi connectivity index (χ0n) is 15.3. The van der Waals surface area contributed by atoms with Gasteiger partial charge in [0.05, 0.1) is 23.9 Å². The minimum atomic E-state index is -0.377. The van der Waals surface area contributed by atoms with Gasteiger partial charge in [0.2, 0.25) is 17.7 Å². The van der Waals surface area contributed by atoms with Crippen molar-refractivity contribution in [3.8, 4) is 5.88 Å². The molecule has 0 spiro atoms. The number of carbonyl (C=O) groups is 1. The van der Waals surface area contributed by atoms with E-state index in [1.807, 2.05) is 0 Å². The van der Waals surface area contributed by atoms with Crippen molar-refractivity contribution in [2.24, 2.45) is 11.8 Å². The maximum atomic E-state index is 12.4. The minimum absolute atomic E-state index is 0.184. The molecule has 2 saturated heterocycles. The molecule has 25 heavy (non-hydrogen) atoms. The predicted molar refractivity (Wildman–Crippen MR) is 92.3 cm³/mol. The summed E-state index contributed by atoms with van der Waals surface area (Å²) in [6.07, 6.45) is 4.30. The van der Waals surface area contributed by atoms with Gasteiger partial charge in [-0.1, -0.05) is 6.92 Å². The third kappa shape index (κ3) is 2.65. The van der Waals surface area contributed by atoms with Crippen LogP contribution in [0.4, 0.5) is 5.95 Å². The molecule has 4 fully saturated rings. The molecule has 2 aliphatic carbocycles. The number of amides is 1. The highest BCUT2D eigenvalue weighted by Gasteiger charge is 2.72. The Bertz CT molecular complexity index is 699. The third-order valence-corrected chi connectivity index (χ3v) is 6.09. The molecule has 1 aromatic rings. The Labute approximate surface area is 147 Å². The molecule has 2 N–H and O–H groups in total. The van der Waals surface area contributed by atoms with Gasteiger partial charge in [-0.3, -0.25) is 4.79 Å². The van der Waals surface area contributed by atoms with E-state index in [4.69, 9.17) is 9.47 Å². The van der Waals surface area contributed by atoms with Crippen LogP contribution in [0.3, 0.4) is 0 Å². The first-order valence-electron chi connectivity index (χ1n) is 8.91. The lowest BCUT2D eigenvalue weighted by molar-refractivity contribution is -0.126. The quantitative estimate of drug-likeness (QED) is 0.816. The van der Waals surface area contributed by atoms with Gasteiger partial charge >= 0.3 is 0 Å². The van der Waals surface area contributed by atoms with Gasteiger partial charge in [-0.15, -0.1) is 0 Å². The second kappa shape index (κ2) is 5.30. The first-order chi connectivity index (χ1) is 11.8. The van der Waals surface area contributed by atoms with Crippen LogP contribution < -0.4 is 15.4 Å². The van der Waals surface area contributed by atoms with Crippen molar-refractivity contribution >= 4 is 11.9 Å². The highest BCUT2D eigenvalue weighted by molar-refractivity contribution is 5.82. The van der Waals surface area contributed by atoms with Gasteiger partial charge in [0.25, 0.3) is 0 Å². The van der Waals surface area contributed by atoms with Gasteiger partial charge in [0, 0.05) is 37.6 Å². The molecule has 0 radical (unpaired) electrons. The fourth-order valence-corrected chi connectivity index (χ4v) is 4.38. The topological polar surface area (TPSA) is 85.4 Å². The summed E-state index contributed by atoms with van der Waals surface area (Å²) in [5.41, 5.74) is -0.917. The molecule has 4 aliphatic rings. The highest BCUT2D eigenvalue weighted by Crippen LogP contribution is 2.60. The summed E-state index contributed by atoms with van der Waals surface area (Å²) >= 11 is 0. The number of ether oxygens (including phenoxy) is 2. The van der Waals surface area contributed by atoms with E-state index in [1.54, 1.807) is 19.4 Å². The molecule has 3 heterocycles. The number of nitrogens with zero attached hydrogens (tertiary/aromatic N) is 2. The number of carbonyl (C=O) groups excluding carboxylic acids is 1. The standard InChI is InChI=1S/C18H26N4O3/c1-11-7-12(11)14(23)22-18-8-17(9-18,25-16(18,2)3)10-20-15-19-6-5-13(21-15)24-4/h5-6,11-12H,7-10H2,1-4H3,(H,22,23)(H,19,20,21)/t11-,12-,17?,18?/m0/s1. The minimum Gasteiger partial charge on any atom is -0.481 e. The second-order valence-corrected chi connectivity index (χ2v) is 8.32. The largest absolute Gasteiger partial charge is 0.481 e. The maximum absolute atomic E-state index is 12.4. The average molecular weight is 346 g/mol. The lowest BCUT2D eigenvalue weighted by atomic mass is 9.62. The number of rotatable bonds is 6. The number of fused-ring (bicyclic) bond motifs is 1. The molecule has 7 nitrogen and oxygen atoms in total. The molecule has 2 bridgehead atoms. The summed E-state index contributed by atoms with van der Waals surface area (Å²) in [4.78, 5) is 20.9. The molecular weight excluding hydrogens is 320 g/mol. The zero-order valence-corrected chi connectivity index (χ0v) is 15.3. The van der Waals surface area contributed by atoms with Gasteiger partial charge in [0.1, 0.15) is 0 Å². The first-order valence-corrected chi connectivity index (χ1v) is 8.91. The van der Waals surface area contributed by atoms with Gasteiger partial charge in [-0.25, -0.2) is 4.98 Å². The lowest BCUT2D eigenvalue weighted by Gasteiger charge is -2.47. The summed E-state index contributed by atoms with van der Waals surface area (Å²) in [6.45, 7) is 6.88. The Morgan fingerprint density at radius 3 is 2.80 bits per heavy atom. The smallest absolute Gasteiger partial charge is 0.226 e. The number of nitrogens with one attached hydrogen (secondary N) is 2. The van der Waals surface area contributed by atoms with E-state index in [1.165, 1.54) is 0 Å². The fraction of sp³-hybridized carbons (Fsp3) is 0.722. The van der Waals surface area contributed by atoms with Crippen LogP contribution in [0.5, 0.6) is 5.88 Å². The summed E-state index contributed by atoms with van der Waals surface area (Å²) < 4.78 is 11.5. The molecule has 1 amide bonds. The van der Waals surface area contributed by atoms with Gasteiger partial charge in [0.15, 0.2) is 0 Å². The van der Waals surface area contributed by atoms with E-state index in [9.17, 15) is 4.79 Å². The molecule has 136 valence electrons. The molecule has 5 rings (SSSR count). The molecule has 0 aromatic carbocycles. The van der Waals surface area contributed by atoms with Crippen LogP contribution in [-0.4, -0.2) is 46.3 Å². The Morgan fingerprint density at radius 1 is 1.44 bits per heavy atom. The number of hydrogen-bond acceptors (Lipinski definition) is 6. The maximum Gasteiger partial charge on any atom is 0.226 e. The van der Waals surface area contributed by atoms with Crippen LogP contribution in [0.1, 0.15) is 40.0 Å². The number of methoxy groups -OCH3 is 1. The van der Waals surface area contributed by atoms with E-state index in [-0.39, 0.29) is 28.6 Å². The lowest BCUT2D eigenvalue weighted by Crippen LogP contribution is -2.65. The fourth-order valence-electron chi connectivity index (χ4n) is 4.38. The molecule has 1 aromatic heterocycles. The summed E-state index contributed by atoms with van der Waals surface area (Å²) in [5.74, 6) is 1.93. The van der Waals surface area contributed by atoms with Crippen LogP contribution in [-0.2, 0) is 9.53 Å². The Kier molecular flexibility index (Phi) is 3.51. The number of aromatic nitrogens is 2. The number of anilines is 1. The summed E-state index contributed by atoms with van der Waals surface area (Å²) in [7, 11) is 1.58. The Balaban J connectivity index is 1.40. The summed E-state index contributed by atoms with van der Waals surface area (Å²) in [6, 6.07) is 1.71. The van der Waals surface area contributed by atoms with Crippen LogP contribution in [0.25, 0.3) is 0 Å². The Hall–Kier alpha value is -1.89. The molecule has 2 atom stereocenters. The summed E-state index contributed by atoms with van der Waals surface area (Å²) in [5, 5.41) is 6.55. The first kappa shape index (κ1) is 16.6. The normalized spacial score (nSPS) is 37.1. The van der Waals surface area contributed by atoms with Crippen LogP contribution >= 0.6 is 0 Å². The van der Waals surface area contributed by atoms with Crippen molar-refractivity contribution in [3.05, 3.63) is 12.3 Å². The van der Waals surface area contributed by atoms with Crippen molar-refractivity contribution in [2.45, 2.75) is 56.8 Å². The molecule has 7 heteroatoms. The zero-order chi connectivity index (χ0) is 17.9. The monoisotopic (exact) mass is 346 g/mol. The average Bonchev–Trinajstić information content (AvgIpc) is 3.17. The Morgan fingerprint density at radius 2 is 2.16 bits per heavy atom. The predicted octanol–water partition coefficient (Wildman–Crippen LogP) is 1.75. The third-order valence-electron chi connectivity index (χ3n) is 6.09. The van der Waals surface area contributed by atoms with E-state index >= 15 is 0 Å². The molecule has 0 unspecified atom stereocenters. The molecule has 2 aliphatic heterocycles. The van der Waals surface area contributed by atoms with Crippen molar-refractivity contribution in [3.63, 3.8) is 0 Å². The van der Waals surface area contributed by atoms with Crippen molar-refractivity contribution in [2.75, 3.05) is 19.0 Å². The highest BCUT2D eigenvalue weighted by atomic mass is 16.5. The van der Waals surface area contributed by atoms with E-state index in [2.05, 4.69) is 41.4 Å².